The van der Waals surface area contributed by atoms with Crippen LogP contribution in [0.2, 0.25) is 0 Å². The average molecular weight is 332 g/mol. The number of benzene rings is 1. The molecule has 0 spiro atoms. The highest BCUT2D eigenvalue weighted by Crippen LogP contribution is 2.35. The highest BCUT2D eigenvalue weighted by molar-refractivity contribution is 5.99. The topological polar surface area (TPSA) is 69.6 Å². The van der Waals surface area contributed by atoms with Gasteiger partial charge in [0.1, 0.15) is 5.56 Å². The van der Waals surface area contributed by atoms with Crippen LogP contribution in [0.25, 0.3) is 10.9 Å². The molecule has 2 aromatic rings. The molecule has 0 fully saturated rings. The van der Waals surface area contributed by atoms with Gasteiger partial charge >= 0.3 is 0 Å². The Hall–Kier alpha value is -2.50. The van der Waals surface area contributed by atoms with Gasteiger partial charge in [-0.2, -0.15) is 0 Å². The SMILES string of the molecule is CCOc1c(OC)ccc2cc(C(=O)NC(C)(C)C)c(=O)n(C)c12. The van der Waals surface area contributed by atoms with Crippen LogP contribution < -0.4 is 20.3 Å². The number of aromatic nitrogens is 1. The summed E-state index contributed by atoms with van der Waals surface area (Å²) in [6, 6.07) is 5.17. The van der Waals surface area contributed by atoms with Crippen molar-refractivity contribution in [2.45, 2.75) is 33.2 Å². The lowest BCUT2D eigenvalue weighted by molar-refractivity contribution is 0.0917. The van der Waals surface area contributed by atoms with Crippen LogP contribution in [0, 0.1) is 0 Å². The number of carbonyl (C=O) groups is 1. The first kappa shape index (κ1) is 17.8. The van der Waals surface area contributed by atoms with Crippen molar-refractivity contribution < 1.29 is 14.3 Å². The number of ether oxygens (including phenoxy) is 2. The van der Waals surface area contributed by atoms with Crippen LogP contribution in [0.1, 0.15) is 38.1 Å². The van der Waals surface area contributed by atoms with Crippen LogP contribution in [-0.4, -0.2) is 29.7 Å². The van der Waals surface area contributed by atoms with Crippen molar-refractivity contribution >= 4 is 16.8 Å². The molecule has 1 heterocycles. The number of amides is 1. The first-order valence-electron chi connectivity index (χ1n) is 7.85. The minimum atomic E-state index is -0.423. The Morgan fingerprint density at radius 2 is 1.96 bits per heavy atom. The normalized spacial score (nSPS) is 11.4. The Bertz CT molecular complexity index is 831. The number of hydrogen-bond acceptors (Lipinski definition) is 4. The fourth-order valence-corrected chi connectivity index (χ4v) is 2.54. The molecule has 24 heavy (non-hydrogen) atoms. The van der Waals surface area contributed by atoms with E-state index in [0.717, 1.165) is 5.39 Å². The van der Waals surface area contributed by atoms with Gasteiger partial charge in [0, 0.05) is 18.0 Å². The van der Waals surface area contributed by atoms with Crippen LogP contribution in [0.5, 0.6) is 11.5 Å². The van der Waals surface area contributed by atoms with Crippen LogP contribution >= 0.6 is 0 Å². The van der Waals surface area contributed by atoms with Gasteiger partial charge in [-0.15, -0.1) is 0 Å². The lowest BCUT2D eigenvalue weighted by Gasteiger charge is -2.21. The summed E-state index contributed by atoms with van der Waals surface area (Å²) in [5.41, 5.74) is -0.0903. The van der Waals surface area contributed by atoms with Gasteiger partial charge in [0.15, 0.2) is 11.5 Å². The molecule has 0 radical (unpaired) electrons. The van der Waals surface area contributed by atoms with E-state index in [-0.39, 0.29) is 11.1 Å². The highest BCUT2D eigenvalue weighted by atomic mass is 16.5. The van der Waals surface area contributed by atoms with E-state index in [4.69, 9.17) is 9.47 Å². The molecule has 6 heteroatoms. The quantitative estimate of drug-likeness (QED) is 0.934. The van der Waals surface area contributed by atoms with Gasteiger partial charge in [0.2, 0.25) is 0 Å². The third-order valence-corrected chi connectivity index (χ3v) is 3.54. The van der Waals surface area contributed by atoms with Crippen molar-refractivity contribution in [3.63, 3.8) is 0 Å². The number of hydrogen-bond donors (Lipinski definition) is 1. The zero-order valence-corrected chi connectivity index (χ0v) is 15.0. The lowest BCUT2D eigenvalue weighted by atomic mass is 10.1. The van der Waals surface area contributed by atoms with E-state index in [0.29, 0.717) is 23.6 Å². The molecule has 0 aliphatic rings. The monoisotopic (exact) mass is 332 g/mol. The van der Waals surface area contributed by atoms with Crippen molar-refractivity contribution in [2.75, 3.05) is 13.7 Å². The van der Waals surface area contributed by atoms with E-state index in [1.165, 1.54) is 4.57 Å². The number of rotatable bonds is 4. The average Bonchev–Trinajstić information content (AvgIpc) is 2.49. The number of nitrogens with zero attached hydrogens (tertiary/aromatic N) is 1. The second kappa shape index (κ2) is 6.55. The third-order valence-electron chi connectivity index (χ3n) is 3.54. The molecule has 0 atom stereocenters. The molecule has 1 aromatic carbocycles. The summed E-state index contributed by atoms with van der Waals surface area (Å²) in [6.45, 7) is 7.91. The molecule has 1 aromatic heterocycles. The summed E-state index contributed by atoms with van der Waals surface area (Å²) in [4.78, 5) is 25.1. The number of carbonyl (C=O) groups excluding carboxylic acids is 1. The predicted octanol–water partition coefficient (Wildman–Crippen LogP) is 2.47. The first-order chi connectivity index (χ1) is 11.2. The smallest absolute Gasteiger partial charge is 0.263 e. The Morgan fingerprint density at radius 3 is 2.50 bits per heavy atom. The van der Waals surface area contributed by atoms with Gasteiger partial charge in [-0.3, -0.25) is 9.59 Å². The Kier molecular flexibility index (Phi) is 4.87. The summed E-state index contributed by atoms with van der Waals surface area (Å²) in [7, 11) is 3.17. The lowest BCUT2D eigenvalue weighted by Crippen LogP contribution is -2.43. The van der Waals surface area contributed by atoms with Crippen molar-refractivity contribution in [2.24, 2.45) is 7.05 Å². The molecule has 0 bridgehead atoms. The zero-order valence-electron chi connectivity index (χ0n) is 15.0. The third kappa shape index (κ3) is 3.37. The Morgan fingerprint density at radius 1 is 1.29 bits per heavy atom. The molecule has 0 unspecified atom stereocenters. The molecule has 0 saturated carbocycles. The second-order valence-corrected chi connectivity index (χ2v) is 6.59. The number of pyridine rings is 1. The second-order valence-electron chi connectivity index (χ2n) is 6.59. The van der Waals surface area contributed by atoms with E-state index in [2.05, 4.69) is 5.32 Å². The largest absolute Gasteiger partial charge is 0.493 e. The predicted molar refractivity (Wildman–Crippen MR) is 94.1 cm³/mol. The minimum Gasteiger partial charge on any atom is -0.493 e. The summed E-state index contributed by atoms with van der Waals surface area (Å²) in [5.74, 6) is 0.657. The minimum absolute atomic E-state index is 0.104. The van der Waals surface area contributed by atoms with Gasteiger partial charge in [-0.05, 0) is 45.9 Å². The summed E-state index contributed by atoms with van der Waals surface area (Å²) >= 11 is 0. The Labute approximate surface area is 141 Å². The number of nitrogens with one attached hydrogen (secondary N) is 1. The molecule has 0 saturated heterocycles. The van der Waals surface area contributed by atoms with Gasteiger partial charge < -0.3 is 19.4 Å². The Balaban J connectivity index is 2.71. The maximum atomic E-state index is 12.7. The molecule has 6 nitrogen and oxygen atoms in total. The fourth-order valence-electron chi connectivity index (χ4n) is 2.54. The van der Waals surface area contributed by atoms with Gasteiger partial charge in [-0.1, -0.05) is 0 Å². The van der Waals surface area contributed by atoms with Crippen molar-refractivity contribution in [1.29, 1.82) is 0 Å². The van der Waals surface area contributed by atoms with Gasteiger partial charge in [-0.25, -0.2) is 0 Å². The first-order valence-corrected chi connectivity index (χ1v) is 7.85. The van der Waals surface area contributed by atoms with E-state index in [1.807, 2.05) is 33.8 Å². The van der Waals surface area contributed by atoms with Gasteiger partial charge in [0.25, 0.3) is 11.5 Å². The highest BCUT2D eigenvalue weighted by Gasteiger charge is 2.21. The molecule has 1 amide bonds. The van der Waals surface area contributed by atoms with E-state index < -0.39 is 11.4 Å². The summed E-state index contributed by atoms with van der Waals surface area (Å²) in [6.07, 6.45) is 0. The summed E-state index contributed by atoms with van der Waals surface area (Å²) in [5, 5.41) is 3.56. The van der Waals surface area contributed by atoms with Crippen molar-refractivity contribution in [3.05, 3.63) is 34.1 Å². The fraction of sp³-hybridized carbons (Fsp3) is 0.444. The summed E-state index contributed by atoms with van der Waals surface area (Å²) < 4.78 is 12.4. The van der Waals surface area contributed by atoms with Gasteiger partial charge in [0.05, 0.1) is 19.2 Å². The molecular weight excluding hydrogens is 308 g/mol. The maximum absolute atomic E-state index is 12.7. The van der Waals surface area contributed by atoms with Crippen LogP contribution in [0.15, 0.2) is 23.0 Å². The van der Waals surface area contributed by atoms with Crippen molar-refractivity contribution in [1.82, 2.24) is 9.88 Å². The molecule has 0 aliphatic carbocycles. The molecule has 130 valence electrons. The molecule has 1 N–H and O–H groups in total. The maximum Gasteiger partial charge on any atom is 0.263 e. The van der Waals surface area contributed by atoms with Crippen LogP contribution in [0.4, 0.5) is 0 Å². The van der Waals surface area contributed by atoms with E-state index in [9.17, 15) is 9.59 Å². The number of aryl methyl sites for hydroxylation is 1. The van der Waals surface area contributed by atoms with Crippen LogP contribution in [0.3, 0.4) is 0 Å². The number of methoxy groups -OCH3 is 1. The standard InChI is InChI=1S/C18H24N2O4/c1-7-24-15-13(23-6)9-8-11-10-12(16(21)19-18(2,3)4)17(22)20(5)14(11)15/h8-10H,7H2,1-6H3,(H,19,21). The molecule has 0 aliphatic heterocycles. The molecule has 2 rings (SSSR count). The zero-order chi connectivity index (χ0) is 18.1. The molecular formula is C18H24N2O4. The van der Waals surface area contributed by atoms with Crippen LogP contribution in [-0.2, 0) is 7.05 Å². The number of fused-ring (bicyclic) bond motifs is 1. The van der Waals surface area contributed by atoms with E-state index >= 15 is 0 Å². The van der Waals surface area contributed by atoms with E-state index in [1.54, 1.807) is 26.3 Å². The van der Waals surface area contributed by atoms with Crippen molar-refractivity contribution in [3.8, 4) is 11.5 Å².